The number of thioether (sulfide) groups is 1. The molecule has 120 valence electrons. The van der Waals surface area contributed by atoms with Crippen molar-refractivity contribution in [3.8, 4) is 0 Å². The molecule has 0 aromatic heterocycles. The van der Waals surface area contributed by atoms with Crippen LogP contribution in [-0.4, -0.2) is 55.3 Å². The van der Waals surface area contributed by atoms with Gasteiger partial charge in [0.05, 0.1) is 0 Å². The van der Waals surface area contributed by atoms with Gasteiger partial charge in [-0.25, -0.2) is 8.42 Å². The van der Waals surface area contributed by atoms with Crippen molar-refractivity contribution in [3.63, 3.8) is 0 Å². The molecule has 0 aliphatic carbocycles. The Bertz CT molecular complexity index is 378. The Hall–Kier alpha value is 0.610. The van der Waals surface area contributed by atoms with Crippen molar-refractivity contribution in [2.75, 3.05) is 36.6 Å². The topological polar surface area (TPSA) is 37.4 Å². The van der Waals surface area contributed by atoms with Gasteiger partial charge in [-0.2, -0.15) is 24.4 Å². The summed E-state index contributed by atoms with van der Waals surface area (Å²) in [5, 5.41) is -0.311. The lowest BCUT2D eigenvalue weighted by Crippen LogP contribution is -2.51. The lowest BCUT2D eigenvalue weighted by atomic mass is 9.80. The van der Waals surface area contributed by atoms with Gasteiger partial charge < -0.3 is 0 Å². The number of hydrogen-bond acceptors (Lipinski definition) is 5. The lowest BCUT2D eigenvalue weighted by Gasteiger charge is -2.42. The van der Waals surface area contributed by atoms with Crippen LogP contribution in [0.15, 0.2) is 0 Å². The lowest BCUT2D eigenvalue weighted by molar-refractivity contribution is 0.143. The molecular formula is C14H29NO2S3. The van der Waals surface area contributed by atoms with Crippen molar-refractivity contribution in [1.29, 1.82) is 0 Å². The zero-order valence-electron chi connectivity index (χ0n) is 13.0. The fourth-order valence-electron chi connectivity index (χ4n) is 3.17. The Balaban J connectivity index is 2.88. The second-order valence-corrected chi connectivity index (χ2v) is 9.66. The van der Waals surface area contributed by atoms with Crippen molar-refractivity contribution in [2.24, 2.45) is 5.41 Å². The van der Waals surface area contributed by atoms with Gasteiger partial charge in [0.1, 0.15) is 5.37 Å². The first kappa shape index (κ1) is 18.7. The molecule has 0 amide bonds. The van der Waals surface area contributed by atoms with Crippen LogP contribution < -0.4 is 0 Å². The summed E-state index contributed by atoms with van der Waals surface area (Å²) in [5.41, 5.74) is 0.164. The maximum absolute atomic E-state index is 12.0. The van der Waals surface area contributed by atoms with Gasteiger partial charge in [-0.05, 0) is 24.0 Å². The molecule has 0 radical (unpaired) electrons. The second kappa shape index (κ2) is 8.30. The van der Waals surface area contributed by atoms with Crippen molar-refractivity contribution in [2.45, 2.75) is 44.9 Å². The Morgan fingerprint density at radius 1 is 1.30 bits per heavy atom. The highest BCUT2D eigenvalue weighted by Crippen LogP contribution is 2.34. The van der Waals surface area contributed by atoms with Crippen LogP contribution in [0, 0.1) is 5.41 Å². The third-order valence-electron chi connectivity index (χ3n) is 4.12. The Morgan fingerprint density at radius 3 is 2.35 bits per heavy atom. The van der Waals surface area contributed by atoms with Gasteiger partial charge in [-0.3, -0.25) is 4.90 Å². The maximum atomic E-state index is 12.0. The quantitative estimate of drug-likeness (QED) is 0.690. The normalized spacial score (nSPS) is 22.1. The highest BCUT2D eigenvalue weighted by atomic mass is 32.2. The molecule has 1 unspecified atom stereocenters. The van der Waals surface area contributed by atoms with Crippen LogP contribution in [0.3, 0.4) is 0 Å². The average molecular weight is 340 g/mol. The molecule has 1 heterocycles. The van der Waals surface area contributed by atoms with E-state index in [1.54, 1.807) is 11.8 Å². The molecule has 0 saturated carbocycles. The standard InChI is InChI=1S/C14H29NO2S3/c1-4-6-14(12-18,7-5-2)11-15-8-9-19-10-13(15)20(3,16)17/h13,18H,4-12H2,1-3H3. The van der Waals surface area contributed by atoms with E-state index in [0.29, 0.717) is 5.75 Å². The highest BCUT2D eigenvalue weighted by molar-refractivity contribution is 8.00. The number of rotatable bonds is 8. The fourth-order valence-corrected chi connectivity index (χ4v) is 6.53. The number of hydrogen-bond donors (Lipinski definition) is 1. The minimum absolute atomic E-state index is 0.164. The molecule has 20 heavy (non-hydrogen) atoms. The van der Waals surface area contributed by atoms with Crippen LogP contribution in [0.4, 0.5) is 0 Å². The maximum Gasteiger partial charge on any atom is 0.164 e. The molecule has 0 spiro atoms. The van der Waals surface area contributed by atoms with E-state index in [1.807, 2.05) is 0 Å². The summed E-state index contributed by atoms with van der Waals surface area (Å²) in [6.45, 7) is 6.16. The van der Waals surface area contributed by atoms with Gasteiger partial charge in [-0.1, -0.05) is 26.7 Å². The zero-order valence-corrected chi connectivity index (χ0v) is 15.5. The van der Waals surface area contributed by atoms with Crippen molar-refractivity contribution in [1.82, 2.24) is 4.90 Å². The first-order valence-electron chi connectivity index (χ1n) is 7.50. The molecule has 1 aliphatic rings. The molecular weight excluding hydrogens is 310 g/mol. The molecule has 3 nitrogen and oxygen atoms in total. The molecule has 0 aromatic carbocycles. The predicted octanol–water partition coefficient (Wildman–Crippen LogP) is 2.92. The van der Waals surface area contributed by atoms with Gasteiger partial charge in [0, 0.05) is 30.9 Å². The summed E-state index contributed by atoms with van der Waals surface area (Å²) in [7, 11) is -3.01. The third-order valence-corrected chi connectivity index (χ3v) is 7.48. The number of nitrogens with zero attached hydrogens (tertiary/aromatic N) is 1. The third kappa shape index (κ3) is 5.11. The van der Waals surface area contributed by atoms with Gasteiger partial charge >= 0.3 is 0 Å². The first-order valence-corrected chi connectivity index (χ1v) is 11.2. The Kier molecular flexibility index (Phi) is 7.74. The molecule has 1 fully saturated rings. The smallest absolute Gasteiger partial charge is 0.164 e. The van der Waals surface area contributed by atoms with E-state index in [-0.39, 0.29) is 10.8 Å². The fraction of sp³-hybridized carbons (Fsp3) is 1.00. The van der Waals surface area contributed by atoms with E-state index >= 15 is 0 Å². The summed E-state index contributed by atoms with van der Waals surface area (Å²) >= 11 is 6.34. The van der Waals surface area contributed by atoms with Crippen LogP contribution in [0.5, 0.6) is 0 Å². The highest BCUT2D eigenvalue weighted by Gasteiger charge is 2.37. The monoisotopic (exact) mass is 339 g/mol. The van der Waals surface area contributed by atoms with Gasteiger partial charge in [0.25, 0.3) is 0 Å². The zero-order chi connectivity index (χ0) is 15.2. The first-order chi connectivity index (χ1) is 9.38. The van der Waals surface area contributed by atoms with Crippen molar-refractivity contribution < 1.29 is 8.42 Å². The number of sulfone groups is 1. The second-order valence-electron chi connectivity index (χ2n) is 5.99. The largest absolute Gasteiger partial charge is 0.285 e. The molecule has 0 bridgehead atoms. The van der Waals surface area contributed by atoms with Crippen LogP contribution in [0.2, 0.25) is 0 Å². The summed E-state index contributed by atoms with van der Waals surface area (Å²) in [5.74, 6) is 2.58. The van der Waals surface area contributed by atoms with Crippen LogP contribution in [0.1, 0.15) is 39.5 Å². The van der Waals surface area contributed by atoms with E-state index in [1.165, 1.54) is 6.26 Å². The van der Waals surface area contributed by atoms with E-state index in [9.17, 15) is 8.42 Å². The molecule has 1 atom stereocenters. The minimum atomic E-state index is -3.01. The van der Waals surface area contributed by atoms with Gasteiger partial charge in [-0.15, -0.1) is 0 Å². The van der Waals surface area contributed by atoms with Gasteiger partial charge in [0.2, 0.25) is 0 Å². The Labute approximate surface area is 134 Å². The van der Waals surface area contributed by atoms with Crippen LogP contribution in [-0.2, 0) is 9.84 Å². The molecule has 0 aromatic rings. The molecule has 0 N–H and O–H groups in total. The van der Waals surface area contributed by atoms with Gasteiger partial charge in [0.15, 0.2) is 9.84 Å². The Morgan fingerprint density at radius 2 is 1.90 bits per heavy atom. The summed E-state index contributed by atoms with van der Waals surface area (Å²) in [4.78, 5) is 2.20. The molecule has 1 saturated heterocycles. The van der Waals surface area contributed by atoms with Crippen molar-refractivity contribution in [3.05, 3.63) is 0 Å². The van der Waals surface area contributed by atoms with E-state index < -0.39 is 9.84 Å². The summed E-state index contributed by atoms with van der Waals surface area (Å²) in [6.07, 6.45) is 5.90. The van der Waals surface area contributed by atoms with Crippen LogP contribution in [0.25, 0.3) is 0 Å². The molecule has 6 heteroatoms. The number of thiol groups is 1. The predicted molar refractivity (Wildman–Crippen MR) is 93.6 cm³/mol. The molecule has 1 aliphatic heterocycles. The van der Waals surface area contributed by atoms with Crippen molar-refractivity contribution >= 4 is 34.2 Å². The minimum Gasteiger partial charge on any atom is -0.285 e. The van der Waals surface area contributed by atoms with E-state index in [4.69, 9.17) is 0 Å². The van der Waals surface area contributed by atoms with E-state index in [0.717, 1.165) is 50.3 Å². The van der Waals surface area contributed by atoms with E-state index in [2.05, 4.69) is 31.4 Å². The van der Waals surface area contributed by atoms with Crippen LogP contribution >= 0.6 is 24.4 Å². The summed E-state index contributed by atoms with van der Waals surface area (Å²) < 4.78 is 24.0. The average Bonchev–Trinajstić information content (AvgIpc) is 2.38. The summed E-state index contributed by atoms with van der Waals surface area (Å²) in [6, 6.07) is 0. The molecule has 1 rings (SSSR count). The SMILES string of the molecule is CCCC(CS)(CCC)CN1CCSCC1S(C)(=O)=O.